The summed E-state index contributed by atoms with van der Waals surface area (Å²) in [5, 5.41) is 27.7. The molecule has 0 aliphatic heterocycles. The van der Waals surface area contributed by atoms with Crippen LogP contribution in [0, 0.1) is 40.4 Å². The molecule has 0 aromatic heterocycles. The fourth-order valence-electron chi connectivity index (χ4n) is 5.30. The number of nitrogens with one attached hydrogen (secondary N) is 1. The third-order valence-corrected chi connectivity index (χ3v) is 9.43. The zero-order chi connectivity index (χ0) is 37.5. The van der Waals surface area contributed by atoms with Gasteiger partial charge in [0.1, 0.15) is 23.5 Å². The number of ether oxygens (including phenoxy) is 1. The van der Waals surface area contributed by atoms with Crippen molar-refractivity contribution < 1.29 is 31.1 Å². The molecule has 10 nitrogen and oxygen atoms in total. The van der Waals surface area contributed by atoms with Gasteiger partial charge in [0.25, 0.3) is 0 Å². The molecule has 2 atom stereocenters. The zero-order valence-corrected chi connectivity index (χ0v) is 30.6. The van der Waals surface area contributed by atoms with Crippen LogP contribution in [0.2, 0.25) is 0 Å². The lowest BCUT2D eigenvalue weighted by Gasteiger charge is -2.33. The maximum absolute atomic E-state index is 13.6. The van der Waals surface area contributed by atoms with E-state index in [9.17, 15) is 36.9 Å². The fourth-order valence-corrected chi connectivity index (χ4v) is 5.86. The number of carbonyl (C=O) groups is 1. The monoisotopic (exact) mass is 718 g/mol. The van der Waals surface area contributed by atoms with E-state index in [0.717, 1.165) is 51.4 Å². The van der Waals surface area contributed by atoms with Gasteiger partial charge in [-0.25, -0.2) is 4.79 Å². The minimum absolute atomic E-state index is 0.0450. The van der Waals surface area contributed by atoms with Crippen LogP contribution in [0.25, 0.3) is 0 Å². The molecule has 0 bridgehead atoms. The second-order valence-corrected chi connectivity index (χ2v) is 14.5. The Morgan fingerprint density at radius 2 is 1.46 bits per heavy atom. The average Bonchev–Trinajstić information content (AvgIpc) is 3.08. The van der Waals surface area contributed by atoms with Crippen molar-refractivity contribution in [1.82, 2.24) is 0 Å². The van der Waals surface area contributed by atoms with Gasteiger partial charge in [-0.15, -0.1) is 10.2 Å². The summed E-state index contributed by atoms with van der Waals surface area (Å²) in [4.78, 5) is 14.7. The highest BCUT2D eigenvalue weighted by atomic mass is 32.2. The molecule has 0 aliphatic rings. The first-order valence-corrected chi connectivity index (χ1v) is 18.7. The van der Waals surface area contributed by atoms with Crippen molar-refractivity contribution in [2.75, 3.05) is 29.3 Å². The van der Waals surface area contributed by atoms with Crippen molar-refractivity contribution in [1.29, 1.82) is 10.5 Å². The summed E-state index contributed by atoms with van der Waals surface area (Å²) in [5.74, 6) is -0.0803. The Morgan fingerprint density at radius 3 is 1.90 bits per heavy atom. The Bertz CT molecular complexity index is 1600. The summed E-state index contributed by atoms with van der Waals surface area (Å²) in [6, 6.07) is 10.4. The molecule has 0 spiro atoms. The molecule has 1 N–H and O–H groups in total. The largest absolute Gasteiger partial charge is 0.516 e. The molecule has 0 saturated heterocycles. The maximum Gasteiger partial charge on any atom is 0.516 e. The summed E-state index contributed by atoms with van der Waals surface area (Å²) in [5.41, 5.74) is -6.55. The normalized spacial score (nSPS) is 13.1. The summed E-state index contributed by atoms with van der Waals surface area (Å²) < 4.78 is 72.4. The number of rotatable bonds is 20. The van der Waals surface area contributed by atoms with Gasteiger partial charge in [0, 0.05) is 18.8 Å². The van der Waals surface area contributed by atoms with Crippen molar-refractivity contribution in [2.45, 2.75) is 98.4 Å². The molecule has 2 rings (SSSR count). The van der Waals surface area contributed by atoms with Crippen LogP contribution in [0.15, 0.2) is 40.6 Å². The van der Waals surface area contributed by atoms with E-state index < -0.39 is 27.2 Å². The highest BCUT2D eigenvalue weighted by Crippen LogP contribution is 2.37. The summed E-state index contributed by atoms with van der Waals surface area (Å²) in [6.45, 7) is 13.5. The van der Waals surface area contributed by atoms with E-state index in [2.05, 4.69) is 42.8 Å². The predicted octanol–water partition coefficient (Wildman–Crippen LogP) is 10.2. The molecule has 0 amide bonds. The first-order chi connectivity index (χ1) is 23.6. The van der Waals surface area contributed by atoms with Crippen LogP contribution < -0.4 is 9.62 Å². The van der Waals surface area contributed by atoms with Crippen molar-refractivity contribution in [3.63, 3.8) is 0 Å². The van der Waals surface area contributed by atoms with Gasteiger partial charge in [0.2, 0.25) is 0 Å². The number of azo groups is 1. The number of halogens is 3. The van der Waals surface area contributed by atoms with E-state index in [-0.39, 0.29) is 40.6 Å². The lowest BCUT2D eigenvalue weighted by atomic mass is 9.95. The number of carbonyl (C=O) groups excluding carboxylic acids is 1. The van der Waals surface area contributed by atoms with Crippen molar-refractivity contribution in [2.24, 2.45) is 28.0 Å². The van der Waals surface area contributed by atoms with Gasteiger partial charge in [-0.3, -0.25) is 4.72 Å². The van der Waals surface area contributed by atoms with Gasteiger partial charge >= 0.3 is 21.5 Å². The van der Waals surface area contributed by atoms with Crippen LogP contribution in [0.3, 0.4) is 0 Å². The molecule has 50 heavy (non-hydrogen) atoms. The van der Waals surface area contributed by atoms with Gasteiger partial charge in [0.05, 0.1) is 29.0 Å². The first kappa shape index (κ1) is 42.0. The lowest BCUT2D eigenvalue weighted by molar-refractivity contribution is -0.0429. The lowest BCUT2D eigenvalue weighted by Crippen LogP contribution is -2.34. The number of sulfonamides is 1. The zero-order valence-electron chi connectivity index (χ0n) is 29.8. The predicted molar refractivity (Wildman–Crippen MR) is 189 cm³/mol. The summed E-state index contributed by atoms with van der Waals surface area (Å²) in [7, 11) is -5.86. The van der Waals surface area contributed by atoms with E-state index in [1.54, 1.807) is 10.8 Å². The van der Waals surface area contributed by atoms with E-state index in [0.29, 0.717) is 30.6 Å². The van der Waals surface area contributed by atoms with Gasteiger partial charge in [-0.05, 0) is 60.9 Å². The summed E-state index contributed by atoms with van der Waals surface area (Å²) in [6.07, 6.45) is 7.88. The number of unbranched alkanes of at least 4 members (excludes halogenated alkanes) is 2. The van der Waals surface area contributed by atoms with Gasteiger partial charge in [-0.2, -0.15) is 32.1 Å². The molecule has 0 fully saturated rings. The highest BCUT2D eigenvalue weighted by Gasteiger charge is 2.46. The number of esters is 1. The number of nitrogens with zero attached hydrogens (tertiary/aromatic N) is 5. The Labute approximate surface area is 294 Å². The minimum atomic E-state index is -5.86. The summed E-state index contributed by atoms with van der Waals surface area (Å²) >= 11 is 0. The molecule has 274 valence electrons. The molecule has 14 heteroatoms. The van der Waals surface area contributed by atoms with Crippen LogP contribution in [0.1, 0.15) is 114 Å². The number of nitriles is 2. The quantitative estimate of drug-likeness (QED) is 0.106. The van der Waals surface area contributed by atoms with Crippen LogP contribution in [0.5, 0.6) is 0 Å². The molecular weight excluding hydrogens is 669 g/mol. The van der Waals surface area contributed by atoms with E-state index >= 15 is 0 Å². The standard InChI is InChI=1S/C36H49F3N6O4S/c1-7-11-13-26(9-3)22-45(23-27(10-4)14-12-8-2)31-15-16-32(33(19-31)44-50(47,48)36(37,38)39)42-43-34-29(20-40)17-28(18-30(34)21-41)35(46)49-24-25(5)6/h15-19,25-27,44H,7-14,22-24H2,1-6H3. The van der Waals surface area contributed by atoms with Crippen molar-refractivity contribution in [3.8, 4) is 12.1 Å². The SMILES string of the molecule is CCCCC(CC)CN(CC(CC)CCCC)c1ccc(N=Nc2c(C#N)cc(C(=O)OCC(C)C)cc2C#N)c(NS(=O)(=O)C(F)(F)F)c1. The van der Waals surface area contributed by atoms with Crippen molar-refractivity contribution >= 4 is 38.7 Å². The average molecular weight is 719 g/mol. The Kier molecular flexibility index (Phi) is 16.7. The Balaban J connectivity index is 2.71. The van der Waals surface area contributed by atoms with Gasteiger partial charge in [-0.1, -0.05) is 80.1 Å². The van der Waals surface area contributed by atoms with E-state index in [1.807, 2.05) is 26.0 Å². The number of benzene rings is 2. The van der Waals surface area contributed by atoms with Crippen LogP contribution in [0.4, 0.5) is 35.9 Å². The van der Waals surface area contributed by atoms with Gasteiger partial charge in [0.15, 0.2) is 0 Å². The van der Waals surface area contributed by atoms with E-state index in [1.165, 1.54) is 24.3 Å². The fraction of sp³-hybridized carbons (Fsp3) is 0.583. The molecule has 0 saturated carbocycles. The molecular formula is C36H49F3N6O4S. The van der Waals surface area contributed by atoms with Crippen LogP contribution in [-0.4, -0.2) is 39.6 Å². The van der Waals surface area contributed by atoms with Crippen LogP contribution in [-0.2, 0) is 14.8 Å². The second-order valence-electron chi connectivity index (χ2n) is 12.8. The molecule has 2 aromatic carbocycles. The van der Waals surface area contributed by atoms with E-state index in [4.69, 9.17) is 4.74 Å². The second kappa shape index (κ2) is 19.9. The third-order valence-electron chi connectivity index (χ3n) is 8.33. The molecule has 2 aromatic rings. The molecule has 0 aliphatic carbocycles. The number of hydrogen-bond acceptors (Lipinski definition) is 9. The van der Waals surface area contributed by atoms with Gasteiger partial charge < -0.3 is 9.64 Å². The number of anilines is 2. The Morgan fingerprint density at radius 1 is 0.920 bits per heavy atom. The minimum Gasteiger partial charge on any atom is -0.462 e. The number of hydrogen-bond donors (Lipinski definition) is 1. The molecule has 2 unspecified atom stereocenters. The topological polar surface area (TPSA) is 148 Å². The first-order valence-electron chi connectivity index (χ1n) is 17.2. The van der Waals surface area contributed by atoms with Crippen molar-refractivity contribution in [3.05, 3.63) is 47.0 Å². The smallest absolute Gasteiger partial charge is 0.462 e. The highest BCUT2D eigenvalue weighted by molar-refractivity contribution is 7.93. The third kappa shape index (κ3) is 12.3. The number of alkyl halides is 3. The maximum atomic E-state index is 13.6. The Hall–Kier alpha value is -4.17. The molecule has 0 heterocycles. The van der Waals surface area contributed by atoms with Crippen LogP contribution >= 0.6 is 0 Å². The molecule has 0 radical (unpaired) electrons.